The highest BCUT2D eigenvalue weighted by atomic mass is 16.3. The van der Waals surface area contributed by atoms with Gasteiger partial charge in [-0.2, -0.15) is 0 Å². The number of hydrogen-bond donors (Lipinski definition) is 0. The van der Waals surface area contributed by atoms with Crippen LogP contribution in [0.25, 0.3) is 0 Å². The maximum Gasteiger partial charge on any atom is 0.176 e. The molecule has 0 aromatic carbocycles. The van der Waals surface area contributed by atoms with Gasteiger partial charge in [-0.15, -0.1) is 0 Å². The Morgan fingerprint density at radius 2 is 1.89 bits per heavy atom. The average molecular weight is 259 g/mol. The molecule has 19 heavy (non-hydrogen) atoms. The lowest BCUT2D eigenvalue weighted by Gasteiger charge is -2.28. The van der Waals surface area contributed by atoms with E-state index in [4.69, 9.17) is 4.42 Å². The molecule has 1 aromatic rings. The van der Waals surface area contributed by atoms with Crippen molar-refractivity contribution in [3.05, 3.63) is 24.2 Å². The summed E-state index contributed by atoms with van der Waals surface area (Å²) in [4.78, 5) is 2.61. The SMILES string of the molecule is CCCCN(CCCC)C1(C#Cc2ccco2)CC1. The molecule has 2 nitrogen and oxygen atoms in total. The normalized spacial score (nSPS) is 16.2. The van der Waals surface area contributed by atoms with E-state index in [1.54, 1.807) is 6.26 Å². The third kappa shape index (κ3) is 3.88. The first-order chi connectivity index (χ1) is 9.30. The van der Waals surface area contributed by atoms with E-state index in [0.29, 0.717) is 0 Å². The van der Waals surface area contributed by atoms with E-state index in [9.17, 15) is 0 Å². The van der Waals surface area contributed by atoms with Gasteiger partial charge in [-0.3, -0.25) is 4.90 Å². The van der Waals surface area contributed by atoms with Gasteiger partial charge in [0.05, 0.1) is 11.8 Å². The van der Waals surface area contributed by atoms with Crippen molar-refractivity contribution < 1.29 is 4.42 Å². The molecule has 0 atom stereocenters. The van der Waals surface area contributed by atoms with E-state index in [1.165, 1.54) is 51.6 Å². The van der Waals surface area contributed by atoms with Gasteiger partial charge < -0.3 is 4.42 Å². The van der Waals surface area contributed by atoms with Gasteiger partial charge in [-0.1, -0.05) is 32.6 Å². The highest BCUT2D eigenvalue weighted by molar-refractivity contribution is 5.34. The van der Waals surface area contributed by atoms with Crippen molar-refractivity contribution in [2.45, 2.75) is 57.9 Å². The van der Waals surface area contributed by atoms with Crippen molar-refractivity contribution in [2.75, 3.05) is 13.1 Å². The van der Waals surface area contributed by atoms with E-state index in [0.717, 1.165) is 5.76 Å². The van der Waals surface area contributed by atoms with E-state index in [-0.39, 0.29) is 5.54 Å². The summed E-state index contributed by atoms with van der Waals surface area (Å²) in [5.41, 5.74) is 0.150. The fraction of sp³-hybridized carbons (Fsp3) is 0.647. The Balaban J connectivity index is 2.01. The summed E-state index contributed by atoms with van der Waals surface area (Å²) < 4.78 is 5.31. The summed E-state index contributed by atoms with van der Waals surface area (Å²) >= 11 is 0. The largest absolute Gasteiger partial charge is 0.456 e. The third-order valence-corrected chi connectivity index (χ3v) is 3.83. The Kier molecular flexibility index (Phi) is 5.10. The Labute approximate surface area is 117 Å². The number of nitrogens with zero attached hydrogens (tertiary/aromatic N) is 1. The van der Waals surface area contributed by atoms with Crippen LogP contribution in [0.4, 0.5) is 0 Å². The Morgan fingerprint density at radius 1 is 1.21 bits per heavy atom. The van der Waals surface area contributed by atoms with Crippen LogP contribution in [0.1, 0.15) is 58.1 Å². The highest BCUT2D eigenvalue weighted by Crippen LogP contribution is 2.41. The second-order valence-corrected chi connectivity index (χ2v) is 5.45. The fourth-order valence-electron chi connectivity index (χ4n) is 2.40. The zero-order chi connectivity index (χ0) is 13.6. The first-order valence-electron chi connectivity index (χ1n) is 7.62. The first-order valence-corrected chi connectivity index (χ1v) is 7.62. The Hall–Kier alpha value is -1.20. The van der Waals surface area contributed by atoms with E-state index in [2.05, 4.69) is 30.6 Å². The van der Waals surface area contributed by atoms with Crippen LogP contribution in [0.5, 0.6) is 0 Å². The molecule has 1 aliphatic carbocycles. The monoisotopic (exact) mass is 259 g/mol. The predicted molar refractivity (Wildman–Crippen MR) is 78.9 cm³/mol. The van der Waals surface area contributed by atoms with Gasteiger partial charge in [-0.05, 0) is 56.8 Å². The lowest BCUT2D eigenvalue weighted by Crippen LogP contribution is -2.38. The zero-order valence-electron chi connectivity index (χ0n) is 12.2. The second-order valence-electron chi connectivity index (χ2n) is 5.45. The molecule has 1 saturated carbocycles. The topological polar surface area (TPSA) is 16.4 Å². The van der Waals surface area contributed by atoms with E-state index in [1.807, 2.05) is 12.1 Å². The predicted octanol–water partition coefficient (Wildman–Crippen LogP) is 4.07. The van der Waals surface area contributed by atoms with Gasteiger partial charge in [-0.25, -0.2) is 0 Å². The maximum atomic E-state index is 5.31. The van der Waals surface area contributed by atoms with E-state index < -0.39 is 0 Å². The average Bonchev–Trinajstić information content (AvgIpc) is 3.03. The van der Waals surface area contributed by atoms with Crippen LogP contribution in [0.2, 0.25) is 0 Å². The van der Waals surface area contributed by atoms with Gasteiger partial charge in [0.25, 0.3) is 0 Å². The van der Waals surface area contributed by atoms with Gasteiger partial charge >= 0.3 is 0 Å². The summed E-state index contributed by atoms with van der Waals surface area (Å²) in [5.74, 6) is 7.46. The quantitative estimate of drug-likeness (QED) is 0.686. The van der Waals surface area contributed by atoms with Gasteiger partial charge in [0, 0.05) is 0 Å². The Bertz CT molecular complexity index is 412. The fourth-order valence-corrected chi connectivity index (χ4v) is 2.40. The zero-order valence-corrected chi connectivity index (χ0v) is 12.2. The molecule has 0 amide bonds. The van der Waals surface area contributed by atoms with Gasteiger partial charge in [0.2, 0.25) is 0 Å². The van der Waals surface area contributed by atoms with Crippen LogP contribution < -0.4 is 0 Å². The molecule has 2 rings (SSSR count). The minimum Gasteiger partial charge on any atom is -0.456 e. The Morgan fingerprint density at radius 3 is 2.37 bits per heavy atom. The lowest BCUT2D eigenvalue weighted by atomic mass is 10.1. The summed E-state index contributed by atoms with van der Waals surface area (Å²) in [5, 5.41) is 0. The molecule has 0 N–H and O–H groups in total. The van der Waals surface area contributed by atoms with Crippen molar-refractivity contribution in [3.63, 3.8) is 0 Å². The molecule has 0 spiro atoms. The van der Waals surface area contributed by atoms with Crippen LogP contribution in [0.3, 0.4) is 0 Å². The summed E-state index contributed by atoms with van der Waals surface area (Å²) in [6, 6.07) is 3.83. The molecule has 1 fully saturated rings. The molecule has 1 aromatic heterocycles. The van der Waals surface area contributed by atoms with Crippen LogP contribution in [0, 0.1) is 11.8 Å². The molecule has 0 aliphatic heterocycles. The van der Waals surface area contributed by atoms with Crippen LogP contribution in [-0.4, -0.2) is 23.5 Å². The number of hydrogen-bond acceptors (Lipinski definition) is 2. The third-order valence-electron chi connectivity index (χ3n) is 3.83. The molecule has 1 aliphatic rings. The number of furan rings is 1. The molecule has 2 heteroatoms. The van der Waals surface area contributed by atoms with Crippen LogP contribution in [-0.2, 0) is 0 Å². The van der Waals surface area contributed by atoms with Gasteiger partial charge in [0.15, 0.2) is 5.76 Å². The summed E-state index contributed by atoms with van der Waals surface area (Å²) in [6.45, 7) is 6.88. The highest BCUT2D eigenvalue weighted by Gasteiger charge is 2.46. The minimum atomic E-state index is 0.150. The first kappa shape index (κ1) is 14.2. The van der Waals surface area contributed by atoms with Crippen molar-refractivity contribution in [1.82, 2.24) is 4.90 Å². The number of rotatable bonds is 7. The van der Waals surface area contributed by atoms with Crippen molar-refractivity contribution in [1.29, 1.82) is 0 Å². The molecule has 0 bridgehead atoms. The molecule has 1 heterocycles. The molecular formula is C17H25NO. The maximum absolute atomic E-state index is 5.31. The van der Waals surface area contributed by atoms with E-state index >= 15 is 0 Å². The molecular weight excluding hydrogens is 234 g/mol. The summed E-state index contributed by atoms with van der Waals surface area (Å²) in [7, 11) is 0. The summed E-state index contributed by atoms with van der Waals surface area (Å²) in [6.07, 6.45) is 9.17. The van der Waals surface area contributed by atoms with Crippen molar-refractivity contribution >= 4 is 0 Å². The minimum absolute atomic E-state index is 0.150. The van der Waals surface area contributed by atoms with Crippen LogP contribution >= 0.6 is 0 Å². The smallest absolute Gasteiger partial charge is 0.176 e. The second kappa shape index (κ2) is 6.82. The molecule has 0 radical (unpaired) electrons. The van der Waals surface area contributed by atoms with Crippen LogP contribution in [0.15, 0.2) is 22.8 Å². The van der Waals surface area contributed by atoms with Gasteiger partial charge in [0.1, 0.15) is 0 Å². The molecule has 0 saturated heterocycles. The molecule has 104 valence electrons. The van der Waals surface area contributed by atoms with Crippen molar-refractivity contribution in [2.24, 2.45) is 0 Å². The lowest BCUT2D eigenvalue weighted by molar-refractivity contribution is 0.213. The molecule has 0 unspecified atom stereocenters. The number of unbranched alkanes of at least 4 members (excludes halogenated alkanes) is 2. The standard InChI is InChI=1S/C17H25NO/c1-3-5-13-18(14-6-4-2)17(11-12-17)10-9-16-8-7-15-19-16/h7-8,15H,3-6,11-14H2,1-2H3. The van der Waals surface area contributed by atoms with Crippen molar-refractivity contribution in [3.8, 4) is 11.8 Å².